The van der Waals surface area contributed by atoms with E-state index >= 15 is 0 Å². The van der Waals surface area contributed by atoms with Gasteiger partial charge in [0.2, 0.25) is 5.91 Å². The highest BCUT2D eigenvalue weighted by Crippen LogP contribution is 2.44. The van der Waals surface area contributed by atoms with Gasteiger partial charge in [0.05, 0.1) is 22.7 Å². The fourth-order valence-electron chi connectivity index (χ4n) is 4.13. The van der Waals surface area contributed by atoms with E-state index in [0.717, 1.165) is 27.4 Å². The van der Waals surface area contributed by atoms with Crippen LogP contribution >= 0.6 is 39.9 Å². The number of rotatable bonds is 5. The van der Waals surface area contributed by atoms with Gasteiger partial charge in [-0.3, -0.25) is 24.2 Å². The first-order chi connectivity index (χ1) is 17.3. The Hall–Kier alpha value is -3.27. The second-order valence-electron chi connectivity index (χ2n) is 8.42. The van der Waals surface area contributed by atoms with E-state index in [9.17, 15) is 14.4 Å². The fraction of sp³-hybridized carbons (Fsp3) is 0.111. The summed E-state index contributed by atoms with van der Waals surface area (Å²) in [7, 11) is 0. The van der Waals surface area contributed by atoms with E-state index in [0.29, 0.717) is 32.7 Å². The SMILES string of the molecule is Cc1ccc(CN2C(=O)/C(=C3/C(=O)N(CC(=O)Nc4cccc(Br)c4)c4ccccc43)SC2=S)cc1. The highest BCUT2D eigenvalue weighted by Gasteiger charge is 2.42. The summed E-state index contributed by atoms with van der Waals surface area (Å²) in [5.74, 6) is -1.04. The van der Waals surface area contributed by atoms with Crippen molar-refractivity contribution in [2.45, 2.75) is 13.5 Å². The Labute approximate surface area is 226 Å². The van der Waals surface area contributed by atoms with Crippen molar-refractivity contribution < 1.29 is 14.4 Å². The lowest BCUT2D eigenvalue weighted by molar-refractivity contribution is -0.122. The lowest BCUT2D eigenvalue weighted by Crippen LogP contribution is -2.35. The average molecular weight is 579 g/mol. The van der Waals surface area contributed by atoms with Gasteiger partial charge in [-0.15, -0.1) is 0 Å². The van der Waals surface area contributed by atoms with Crippen LogP contribution in [0.4, 0.5) is 11.4 Å². The van der Waals surface area contributed by atoms with E-state index in [4.69, 9.17) is 12.2 Å². The molecule has 5 rings (SSSR count). The molecular formula is C27H20BrN3O3S2. The molecule has 0 aromatic heterocycles. The maximum absolute atomic E-state index is 13.6. The van der Waals surface area contributed by atoms with Gasteiger partial charge in [0.15, 0.2) is 0 Å². The van der Waals surface area contributed by atoms with E-state index in [2.05, 4.69) is 21.2 Å². The molecule has 2 aliphatic heterocycles. The summed E-state index contributed by atoms with van der Waals surface area (Å²) in [5, 5.41) is 2.82. The first-order valence-electron chi connectivity index (χ1n) is 11.1. The van der Waals surface area contributed by atoms with Crippen molar-refractivity contribution in [3.05, 3.63) is 98.9 Å². The normalized spacial score (nSPS) is 17.1. The van der Waals surface area contributed by atoms with Gasteiger partial charge in [0.25, 0.3) is 11.8 Å². The van der Waals surface area contributed by atoms with Crippen LogP contribution in [0.3, 0.4) is 0 Å². The van der Waals surface area contributed by atoms with Crippen LogP contribution in [-0.4, -0.2) is 33.5 Å². The number of aryl methyl sites for hydroxylation is 1. The first kappa shape index (κ1) is 24.4. The van der Waals surface area contributed by atoms with Crippen LogP contribution in [0, 0.1) is 6.92 Å². The number of carbonyl (C=O) groups excluding carboxylic acids is 3. The van der Waals surface area contributed by atoms with E-state index in [1.807, 2.05) is 49.4 Å². The Morgan fingerprint density at radius 3 is 2.47 bits per heavy atom. The number of para-hydroxylation sites is 1. The molecule has 3 aromatic rings. The van der Waals surface area contributed by atoms with Crippen LogP contribution in [0.25, 0.3) is 5.57 Å². The number of halogens is 1. The molecule has 0 unspecified atom stereocenters. The summed E-state index contributed by atoms with van der Waals surface area (Å²) >= 11 is 10.0. The van der Waals surface area contributed by atoms with Crippen LogP contribution in [0.15, 0.2) is 82.2 Å². The van der Waals surface area contributed by atoms with Crippen LogP contribution in [0.1, 0.15) is 16.7 Å². The van der Waals surface area contributed by atoms with Gasteiger partial charge < -0.3 is 5.32 Å². The smallest absolute Gasteiger partial charge is 0.267 e. The van der Waals surface area contributed by atoms with Crippen LogP contribution in [-0.2, 0) is 20.9 Å². The molecule has 36 heavy (non-hydrogen) atoms. The zero-order valence-corrected chi connectivity index (χ0v) is 22.4. The Balaban J connectivity index is 1.42. The molecule has 0 aliphatic carbocycles. The number of thiocarbonyl (C=S) groups is 1. The summed E-state index contributed by atoms with van der Waals surface area (Å²) in [6.45, 7) is 2.15. The minimum Gasteiger partial charge on any atom is -0.324 e. The van der Waals surface area contributed by atoms with Crippen LogP contribution in [0.5, 0.6) is 0 Å². The highest BCUT2D eigenvalue weighted by atomic mass is 79.9. The molecule has 0 bridgehead atoms. The first-order valence-corrected chi connectivity index (χ1v) is 13.1. The molecule has 0 atom stereocenters. The number of hydrogen-bond donors (Lipinski definition) is 1. The molecule has 180 valence electrons. The number of nitrogens with one attached hydrogen (secondary N) is 1. The minimum atomic E-state index is -0.392. The number of anilines is 2. The molecule has 6 nitrogen and oxygen atoms in total. The number of carbonyl (C=O) groups is 3. The van der Waals surface area contributed by atoms with Gasteiger partial charge in [-0.1, -0.05) is 94.0 Å². The molecule has 3 aromatic carbocycles. The molecule has 9 heteroatoms. The molecule has 2 heterocycles. The number of amides is 3. The Kier molecular flexibility index (Phi) is 6.79. The van der Waals surface area contributed by atoms with E-state index in [1.165, 1.54) is 9.80 Å². The molecule has 0 saturated carbocycles. The van der Waals surface area contributed by atoms with E-state index in [1.54, 1.807) is 30.3 Å². The molecule has 1 N–H and O–H groups in total. The number of hydrogen-bond acceptors (Lipinski definition) is 5. The van der Waals surface area contributed by atoms with Gasteiger partial charge in [-0.25, -0.2) is 0 Å². The van der Waals surface area contributed by atoms with Crippen LogP contribution < -0.4 is 10.2 Å². The van der Waals surface area contributed by atoms with Gasteiger partial charge in [0, 0.05) is 15.7 Å². The van der Waals surface area contributed by atoms with Crippen molar-refractivity contribution in [3.63, 3.8) is 0 Å². The third kappa shape index (κ3) is 4.74. The quantitative estimate of drug-likeness (QED) is 0.319. The molecule has 3 amide bonds. The van der Waals surface area contributed by atoms with E-state index in [-0.39, 0.29) is 23.9 Å². The lowest BCUT2D eigenvalue weighted by Gasteiger charge is -2.17. The molecule has 0 spiro atoms. The third-order valence-electron chi connectivity index (χ3n) is 5.87. The van der Waals surface area contributed by atoms with Crippen molar-refractivity contribution in [1.29, 1.82) is 0 Å². The number of fused-ring (bicyclic) bond motifs is 1. The second-order valence-corrected chi connectivity index (χ2v) is 11.0. The lowest BCUT2D eigenvalue weighted by atomic mass is 10.1. The molecule has 1 saturated heterocycles. The van der Waals surface area contributed by atoms with Gasteiger partial charge in [-0.2, -0.15) is 0 Å². The Morgan fingerprint density at radius 2 is 1.72 bits per heavy atom. The zero-order chi connectivity index (χ0) is 25.4. The summed E-state index contributed by atoms with van der Waals surface area (Å²) < 4.78 is 1.23. The standard InChI is InChI=1S/C27H20BrN3O3S2/c1-16-9-11-17(12-10-16)14-31-26(34)24(36-27(31)35)23-20-7-2-3-8-21(20)30(25(23)33)15-22(32)29-19-6-4-5-18(28)13-19/h2-13H,14-15H2,1H3,(H,29,32)/b24-23-. The summed E-state index contributed by atoms with van der Waals surface area (Å²) in [6.07, 6.45) is 0. The second kappa shape index (κ2) is 10.0. The third-order valence-corrected chi connectivity index (χ3v) is 7.81. The number of nitrogens with zero attached hydrogens (tertiary/aromatic N) is 2. The molecule has 1 fully saturated rings. The summed E-state index contributed by atoms with van der Waals surface area (Å²) in [5.41, 5.74) is 4.19. The monoisotopic (exact) mass is 577 g/mol. The summed E-state index contributed by atoms with van der Waals surface area (Å²) in [6, 6.07) is 22.3. The van der Waals surface area contributed by atoms with Crippen molar-refractivity contribution in [3.8, 4) is 0 Å². The summed E-state index contributed by atoms with van der Waals surface area (Å²) in [4.78, 5) is 43.1. The van der Waals surface area contributed by atoms with Crippen molar-refractivity contribution in [2.24, 2.45) is 0 Å². The Morgan fingerprint density at radius 1 is 0.972 bits per heavy atom. The predicted octanol–water partition coefficient (Wildman–Crippen LogP) is 5.51. The zero-order valence-electron chi connectivity index (χ0n) is 19.2. The van der Waals surface area contributed by atoms with Gasteiger partial charge >= 0.3 is 0 Å². The maximum Gasteiger partial charge on any atom is 0.267 e. The largest absolute Gasteiger partial charge is 0.324 e. The number of benzene rings is 3. The Bertz CT molecular complexity index is 1450. The minimum absolute atomic E-state index is 0.185. The van der Waals surface area contributed by atoms with Gasteiger partial charge in [-0.05, 0) is 36.8 Å². The molecular weight excluding hydrogens is 558 g/mol. The molecule has 0 radical (unpaired) electrons. The van der Waals surface area contributed by atoms with Gasteiger partial charge in [0.1, 0.15) is 10.9 Å². The maximum atomic E-state index is 13.6. The van der Waals surface area contributed by atoms with Crippen molar-refractivity contribution >= 4 is 78.9 Å². The fourth-order valence-corrected chi connectivity index (χ4v) is 5.85. The van der Waals surface area contributed by atoms with Crippen molar-refractivity contribution in [2.75, 3.05) is 16.8 Å². The number of thioether (sulfide) groups is 1. The van der Waals surface area contributed by atoms with Crippen molar-refractivity contribution in [1.82, 2.24) is 4.90 Å². The average Bonchev–Trinajstić information content (AvgIpc) is 3.28. The highest BCUT2D eigenvalue weighted by molar-refractivity contribution is 9.10. The molecule has 2 aliphatic rings. The predicted molar refractivity (Wildman–Crippen MR) is 150 cm³/mol. The van der Waals surface area contributed by atoms with Crippen LogP contribution in [0.2, 0.25) is 0 Å². The topological polar surface area (TPSA) is 69.7 Å². The van der Waals surface area contributed by atoms with E-state index < -0.39 is 5.91 Å².